The second kappa shape index (κ2) is 6.38. The fourth-order valence-corrected chi connectivity index (χ4v) is 3.29. The van der Waals surface area contributed by atoms with Crippen LogP contribution in [0.1, 0.15) is 40.1 Å². The van der Waals surface area contributed by atoms with Crippen molar-refractivity contribution in [3.05, 3.63) is 65.2 Å². The first-order chi connectivity index (χ1) is 12.4. The summed E-state index contributed by atoms with van der Waals surface area (Å²) in [5.74, 6) is -0.495. The van der Waals surface area contributed by atoms with E-state index in [1.807, 2.05) is 24.3 Å². The molecule has 0 atom stereocenters. The van der Waals surface area contributed by atoms with Crippen LogP contribution in [0.15, 0.2) is 48.5 Å². The number of benzene rings is 2. The average Bonchev–Trinajstić information content (AvgIpc) is 2.87. The van der Waals surface area contributed by atoms with E-state index in [1.165, 1.54) is 4.90 Å². The fraction of sp³-hybridized carbons (Fsp3) is 0.300. The number of imide groups is 1. The molecule has 2 aromatic carbocycles. The Balaban J connectivity index is 1.52. The van der Waals surface area contributed by atoms with E-state index in [9.17, 15) is 9.59 Å². The molecule has 0 radical (unpaired) electrons. The van der Waals surface area contributed by atoms with Gasteiger partial charge in [0, 0.05) is 18.6 Å². The molecule has 0 saturated carbocycles. The van der Waals surface area contributed by atoms with Gasteiger partial charge >= 0.3 is 7.12 Å². The lowest BCUT2D eigenvalue weighted by atomic mass is 9.75. The molecule has 0 aromatic heterocycles. The van der Waals surface area contributed by atoms with Crippen molar-refractivity contribution in [2.75, 3.05) is 13.2 Å². The highest BCUT2D eigenvalue weighted by Crippen LogP contribution is 2.24. The summed E-state index contributed by atoms with van der Waals surface area (Å²) in [6.45, 7) is 5.68. The van der Waals surface area contributed by atoms with Crippen LogP contribution in [0.5, 0.6) is 0 Å². The Morgan fingerprint density at radius 1 is 0.962 bits per heavy atom. The zero-order chi connectivity index (χ0) is 18.3. The number of amides is 2. The lowest BCUT2D eigenvalue weighted by Gasteiger charge is -2.33. The van der Waals surface area contributed by atoms with Gasteiger partial charge in [-0.15, -0.1) is 0 Å². The maximum Gasteiger partial charge on any atom is 0.493 e. The van der Waals surface area contributed by atoms with E-state index in [2.05, 4.69) is 13.8 Å². The minimum Gasteiger partial charge on any atom is -0.407 e. The number of nitrogens with zero attached hydrogens (tertiary/aromatic N) is 1. The number of carbonyl (C=O) groups is 2. The Labute approximate surface area is 153 Å². The molecular weight excluding hydrogens is 329 g/mol. The summed E-state index contributed by atoms with van der Waals surface area (Å²) in [6.07, 6.45) is 0. The molecule has 0 unspecified atom stereocenters. The summed E-state index contributed by atoms with van der Waals surface area (Å²) >= 11 is 0. The van der Waals surface area contributed by atoms with Gasteiger partial charge in [0.1, 0.15) is 0 Å². The van der Waals surface area contributed by atoms with Gasteiger partial charge in [0.15, 0.2) is 0 Å². The van der Waals surface area contributed by atoms with E-state index in [-0.39, 0.29) is 23.8 Å². The molecule has 2 aliphatic heterocycles. The van der Waals surface area contributed by atoms with Crippen LogP contribution in [0, 0.1) is 5.41 Å². The van der Waals surface area contributed by atoms with E-state index in [4.69, 9.17) is 9.31 Å². The van der Waals surface area contributed by atoms with Crippen LogP contribution in [0.4, 0.5) is 0 Å². The summed E-state index contributed by atoms with van der Waals surface area (Å²) < 4.78 is 11.7. The molecule has 6 heteroatoms. The first-order valence-corrected chi connectivity index (χ1v) is 8.72. The summed E-state index contributed by atoms with van der Waals surface area (Å²) in [7, 11) is -0.412. The van der Waals surface area contributed by atoms with E-state index < -0.39 is 7.12 Å². The molecule has 1 fully saturated rings. The molecule has 2 heterocycles. The van der Waals surface area contributed by atoms with Crippen LogP contribution in [0.3, 0.4) is 0 Å². The van der Waals surface area contributed by atoms with E-state index in [1.54, 1.807) is 24.3 Å². The van der Waals surface area contributed by atoms with E-state index >= 15 is 0 Å². The highest BCUT2D eigenvalue weighted by Gasteiger charge is 2.36. The van der Waals surface area contributed by atoms with E-state index in [0.717, 1.165) is 11.0 Å². The maximum atomic E-state index is 12.5. The lowest BCUT2D eigenvalue weighted by molar-refractivity contribution is 0.0343. The summed E-state index contributed by atoms with van der Waals surface area (Å²) in [5.41, 5.74) is 2.71. The van der Waals surface area contributed by atoms with E-state index in [0.29, 0.717) is 24.3 Å². The van der Waals surface area contributed by atoms with Crippen molar-refractivity contribution in [3.63, 3.8) is 0 Å². The molecule has 2 aromatic rings. The minimum absolute atomic E-state index is 0.00821. The van der Waals surface area contributed by atoms with Crippen molar-refractivity contribution in [3.8, 4) is 0 Å². The third kappa shape index (κ3) is 3.06. The first-order valence-electron chi connectivity index (χ1n) is 8.72. The molecule has 0 bridgehead atoms. The molecule has 132 valence electrons. The zero-order valence-electron chi connectivity index (χ0n) is 14.9. The molecule has 1 saturated heterocycles. The Morgan fingerprint density at radius 3 is 2.19 bits per heavy atom. The second-order valence-electron chi connectivity index (χ2n) is 7.61. The number of hydrogen-bond donors (Lipinski definition) is 0. The summed E-state index contributed by atoms with van der Waals surface area (Å²) in [5, 5.41) is 0. The van der Waals surface area contributed by atoms with Gasteiger partial charge in [0.05, 0.1) is 17.7 Å². The predicted octanol–water partition coefficient (Wildman–Crippen LogP) is 2.25. The van der Waals surface area contributed by atoms with Gasteiger partial charge in [0.25, 0.3) is 11.8 Å². The first kappa shape index (κ1) is 17.0. The Bertz CT molecular complexity index is 835. The zero-order valence-corrected chi connectivity index (χ0v) is 14.9. The molecule has 0 spiro atoms. The standard InChI is InChI=1S/C20H20BNO4/c1-20(2)12-25-21(26-13-20)15-7-5-6-14(10-15)11-22-18(23)16-8-3-4-9-17(16)19(22)24/h3-10H,11-13H2,1-2H3. The summed E-state index contributed by atoms with van der Waals surface area (Å²) in [6, 6.07) is 14.6. The highest BCUT2D eigenvalue weighted by atomic mass is 16.6. The van der Waals surface area contributed by atoms with Crippen molar-refractivity contribution < 1.29 is 18.9 Å². The quantitative estimate of drug-likeness (QED) is 0.630. The molecular formula is C20H20BNO4. The second-order valence-corrected chi connectivity index (χ2v) is 7.61. The topological polar surface area (TPSA) is 55.8 Å². The third-order valence-corrected chi connectivity index (χ3v) is 4.69. The molecule has 5 nitrogen and oxygen atoms in total. The minimum atomic E-state index is -0.412. The van der Waals surface area contributed by atoms with Crippen molar-refractivity contribution in [2.24, 2.45) is 5.41 Å². The van der Waals surface area contributed by atoms with Crippen LogP contribution in [0.25, 0.3) is 0 Å². The number of hydrogen-bond acceptors (Lipinski definition) is 4. The predicted molar refractivity (Wildman–Crippen MR) is 98.2 cm³/mol. The fourth-order valence-electron chi connectivity index (χ4n) is 3.29. The van der Waals surface area contributed by atoms with Crippen LogP contribution >= 0.6 is 0 Å². The van der Waals surface area contributed by atoms with Gasteiger partial charge in [-0.05, 0) is 23.2 Å². The van der Waals surface area contributed by atoms with Crippen molar-refractivity contribution in [1.29, 1.82) is 0 Å². The van der Waals surface area contributed by atoms with Gasteiger partial charge in [-0.1, -0.05) is 50.2 Å². The third-order valence-electron chi connectivity index (χ3n) is 4.69. The Hall–Kier alpha value is -2.44. The van der Waals surface area contributed by atoms with Gasteiger partial charge in [-0.2, -0.15) is 0 Å². The maximum absolute atomic E-state index is 12.5. The van der Waals surface area contributed by atoms with Gasteiger partial charge in [-0.3, -0.25) is 14.5 Å². The van der Waals surface area contributed by atoms with Crippen LogP contribution in [-0.2, 0) is 15.9 Å². The molecule has 0 aliphatic carbocycles. The molecule has 4 rings (SSSR count). The molecule has 2 amide bonds. The van der Waals surface area contributed by atoms with Crippen molar-refractivity contribution in [2.45, 2.75) is 20.4 Å². The van der Waals surface area contributed by atoms with Gasteiger partial charge < -0.3 is 9.31 Å². The Morgan fingerprint density at radius 2 is 1.58 bits per heavy atom. The van der Waals surface area contributed by atoms with Gasteiger partial charge in [-0.25, -0.2) is 0 Å². The number of carbonyl (C=O) groups excluding carboxylic acids is 2. The van der Waals surface area contributed by atoms with Crippen molar-refractivity contribution >= 4 is 24.4 Å². The van der Waals surface area contributed by atoms with Crippen LogP contribution in [0.2, 0.25) is 0 Å². The smallest absolute Gasteiger partial charge is 0.407 e. The highest BCUT2D eigenvalue weighted by molar-refractivity contribution is 6.61. The number of rotatable bonds is 3. The molecule has 2 aliphatic rings. The molecule has 0 N–H and O–H groups in total. The van der Waals surface area contributed by atoms with Crippen molar-refractivity contribution in [1.82, 2.24) is 4.90 Å². The van der Waals surface area contributed by atoms with Gasteiger partial charge in [0.2, 0.25) is 0 Å². The molecule has 26 heavy (non-hydrogen) atoms. The normalized spacial score (nSPS) is 19.0. The monoisotopic (exact) mass is 349 g/mol. The SMILES string of the molecule is CC1(C)COB(c2cccc(CN3C(=O)c4ccccc4C3=O)c2)OC1. The number of fused-ring (bicyclic) bond motifs is 1. The Kier molecular flexibility index (Phi) is 4.17. The largest absolute Gasteiger partial charge is 0.493 e. The van der Waals surface area contributed by atoms with Crippen LogP contribution < -0.4 is 5.46 Å². The van der Waals surface area contributed by atoms with Crippen LogP contribution in [-0.4, -0.2) is 37.0 Å². The lowest BCUT2D eigenvalue weighted by Crippen LogP contribution is -2.47. The summed E-state index contributed by atoms with van der Waals surface area (Å²) in [4.78, 5) is 26.3. The average molecular weight is 349 g/mol.